The van der Waals surface area contributed by atoms with E-state index in [1.807, 2.05) is 12.1 Å². The number of hydrogen-bond donors (Lipinski definition) is 2. The van der Waals surface area contributed by atoms with E-state index in [9.17, 15) is 4.79 Å². The zero-order chi connectivity index (χ0) is 13.3. The number of carbonyl (C=O) groups excluding carboxylic acids is 1. The lowest BCUT2D eigenvalue weighted by atomic mass is 9.92. The highest BCUT2D eigenvalue weighted by Gasteiger charge is 2.32. The second kappa shape index (κ2) is 5.04. The van der Waals surface area contributed by atoms with E-state index in [0.717, 1.165) is 5.69 Å². The van der Waals surface area contributed by atoms with Gasteiger partial charge in [-0.1, -0.05) is 6.07 Å². The molecule has 2 rings (SSSR count). The summed E-state index contributed by atoms with van der Waals surface area (Å²) in [6, 6.07) is 6.25. The summed E-state index contributed by atoms with van der Waals surface area (Å²) in [7, 11) is 3.47. The van der Waals surface area contributed by atoms with Gasteiger partial charge in [-0.25, -0.2) is 4.98 Å². The summed E-state index contributed by atoms with van der Waals surface area (Å²) in [5.41, 5.74) is 7.87. The molecule has 1 saturated heterocycles. The first kappa shape index (κ1) is 13.0. The Hall–Kier alpha value is -1.46. The van der Waals surface area contributed by atoms with E-state index in [4.69, 9.17) is 0 Å². The van der Waals surface area contributed by atoms with Gasteiger partial charge in [0.25, 0.3) is 5.91 Å². The first-order chi connectivity index (χ1) is 8.50. The molecule has 0 bridgehead atoms. The monoisotopic (exact) mass is 248 g/mol. The Bertz CT molecular complexity index is 436. The van der Waals surface area contributed by atoms with Crippen LogP contribution in [-0.4, -0.2) is 42.0 Å². The lowest BCUT2D eigenvalue weighted by molar-refractivity contribution is 0.0821. The van der Waals surface area contributed by atoms with Gasteiger partial charge in [0.1, 0.15) is 5.69 Å². The van der Waals surface area contributed by atoms with Crippen LogP contribution in [0.1, 0.15) is 35.9 Å². The molecular weight excluding hydrogens is 228 g/mol. The molecule has 1 aromatic heterocycles. The van der Waals surface area contributed by atoms with Crippen LogP contribution in [0.15, 0.2) is 18.2 Å². The second-order valence-electron chi connectivity index (χ2n) is 5.04. The minimum atomic E-state index is -0.0592. The zero-order valence-electron chi connectivity index (χ0n) is 11.3. The molecule has 5 heteroatoms. The Labute approximate surface area is 108 Å². The van der Waals surface area contributed by atoms with Crippen LogP contribution in [0, 0.1) is 0 Å². The smallest absolute Gasteiger partial charge is 0.271 e. The summed E-state index contributed by atoms with van der Waals surface area (Å²) < 4.78 is 0. The van der Waals surface area contributed by atoms with Gasteiger partial charge in [-0.3, -0.25) is 15.6 Å². The van der Waals surface area contributed by atoms with Crippen molar-refractivity contribution in [1.29, 1.82) is 0 Å². The topological polar surface area (TPSA) is 57.3 Å². The van der Waals surface area contributed by atoms with Crippen molar-refractivity contribution in [2.45, 2.75) is 31.8 Å². The number of hydrogen-bond acceptors (Lipinski definition) is 4. The van der Waals surface area contributed by atoms with Gasteiger partial charge < -0.3 is 4.90 Å². The summed E-state index contributed by atoms with van der Waals surface area (Å²) >= 11 is 0. The Morgan fingerprint density at radius 3 is 2.39 bits per heavy atom. The fourth-order valence-corrected chi connectivity index (χ4v) is 2.37. The molecule has 2 atom stereocenters. The van der Waals surface area contributed by atoms with E-state index in [-0.39, 0.29) is 11.8 Å². The molecule has 98 valence electrons. The van der Waals surface area contributed by atoms with Crippen LogP contribution in [0.4, 0.5) is 0 Å². The van der Waals surface area contributed by atoms with Crippen molar-refractivity contribution in [2.24, 2.45) is 0 Å². The summed E-state index contributed by atoms with van der Waals surface area (Å²) in [5.74, 6) is 0.219. The lowest BCUT2D eigenvalue weighted by Gasteiger charge is -2.18. The largest absolute Gasteiger partial charge is 0.343 e. The molecule has 18 heavy (non-hydrogen) atoms. The van der Waals surface area contributed by atoms with Crippen molar-refractivity contribution >= 4 is 5.91 Å². The van der Waals surface area contributed by atoms with Crippen LogP contribution in [0.5, 0.6) is 0 Å². The maximum atomic E-state index is 11.9. The van der Waals surface area contributed by atoms with Crippen molar-refractivity contribution in [2.75, 3.05) is 14.1 Å². The number of aromatic nitrogens is 1. The van der Waals surface area contributed by atoms with E-state index >= 15 is 0 Å². The Kier molecular flexibility index (Phi) is 3.63. The molecule has 2 N–H and O–H groups in total. The molecule has 0 aliphatic carbocycles. The predicted octanol–water partition coefficient (Wildman–Crippen LogP) is 0.752. The third-order valence-electron chi connectivity index (χ3n) is 3.35. The molecule has 0 aromatic carbocycles. The van der Waals surface area contributed by atoms with Gasteiger partial charge in [0.05, 0.1) is 0 Å². The highest BCUT2D eigenvalue weighted by molar-refractivity contribution is 5.91. The molecule has 1 aliphatic rings. The van der Waals surface area contributed by atoms with Gasteiger partial charge in [-0.05, 0) is 26.0 Å². The quantitative estimate of drug-likeness (QED) is 0.811. The molecule has 2 heterocycles. The highest BCUT2D eigenvalue weighted by atomic mass is 16.2. The van der Waals surface area contributed by atoms with E-state index in [2.05, 4.69) is 29.7 Å². The summed E-state index contributed by atoms with van der Waals surface area (Å²) in [6.07, 6.45) is 0. The molecule has 0 spiro atoms. The van der Waals surface area contributed by atoms with E-state index in [1.54, 1.807) is 25.1 Å². The molecule has 1 amide bonds. The minimum Gasteiger partial charge on any atom is -0.343 e. The van der Waals surface area contributed by atoms with Gasteiger partial charge in [0.2, 0.25) is 0 Å². The average molecular weight is 248 g/mol. The van der Waals surface area contributed by atoms with E-state index in [0.29, 0.717) is 17.8 Å². The van der Waals surface area contributed by atoms with Crippen LogP contribution in [0.3, 0.4) is 0 Å². The van der Waals surface area contributed by atoms with Gasteiger partial charge in [0.15, 0.2) is 0 Å². The number of nitrogens with one attached hydrogen (secondary N) is 2. The number of hydrazine groups is 1. The Balaban J connectivity index is 2.30. The first-order valence-electron chi connectivity index (χ1n) is 6.20. The molecule has 5 nitrogen and oxygen atoms in total. The van der Waals surface area contributed by atoms with Crippen molar-refractivity contribution in [3.63, 3.8) is 0 Å². The van der Waals surface area contributed by atoms with Crippen LogP contribution in [-0.2, 0) is 0 Å². The Morgan fingerprint density at radius 1 is 1.22 bits per heavy atom. The van der Waals surface area contributed by atoms with Crippen LogP contribution in [0.25, 0.3) is 0 Å². The number of pyridine rings is 1. The third-order valence-corrected chi connectivity index (χ3v) is 3.35. The lowest BCUT2D eigenvalue weighted by Crippen LogP contribution is -2.30. The van der Waals surface area contributed by atoms with Gasteiger partial charge in [-0.2, -0.15) is 0 Å². The molecule has 0 radical (unpaired) electrons. The fourth-order valence-electron chi connectivity index (χ4n) is 2.37. The zero-order valence-corrected chi connectivity index (χ0v) is 11.3. The van der Waals surface area contributed by atoms with Gasteiger partial charge in [-0.15, -0.1) is 0 Å². The van der Waals surface area contributed by atoms with Crippen LogP contribution < -0.4 is 10.9 Å². The van der Waals surface area contributed by atoms with Crippen LogP contribution in [0.2, 0.25) is 0 Å². The maximum Gasteiger partial charge on any atom is 0.271 e. The van der Waals surface area contributed by atoms with Crippen molar-refractivity contribution in [3.05, 3.63) is 29.6 Å². The van der Waals surface area contributed by atoms with Crippen molar-refractivity contribution in [1.82, 2.24) is 20.7 Å². The standard InChI is InChI=1S/C13H20N4O/c1-8-12(9(2)16-15-8)10-6-5-7-11(14-10)13(18)17(3)4/h5-9,12,15-16H,1-4H3. The summed E-state index contributed by atoms with van der Waals surface area (Å²) in [5, 5.41) is 0. The molecule has 0 saturated carbocycles. The van der Waals surface area contributed by atoms with Crippen molar-refractivity contribution in [3.8, 4) is 0 Å². The molecule has 1 aliphatic heterocycles. The first-order valence-corrected chi connectivity index (χ1v) is 6.20. The Morgan fingerprint density at radius 2 is 1.83 bits per heavy atom. The summed E-state index contributed by atoms with van der Waals surface area (Å²) in [6.45, 7) is 4.23. The second-order valence-corrected chi connectivity index (χ2v) is 5.04. The molecular formula is C13H20N4O. The number of amides is 1. The van der Waals surface area contributed by atoms with Crippen molar-refractivity contribution < 1.29 is 4.79 Å². The van der Waals surface area contributed by atoms with E-state index in [1.165, 1.54) is 0 Å². The van der Waals surface area contributed by atoms with Crippen LogP contribution >= 0.6 is 0 Å². The molecule has 1 aromatic rings. The number of nitrogens with zero attached hydrogens (tertiary/aromatic N) is 2. The summed E-state index contributed by atoms with van der Waals surface area (Å²) in [4.78, 5) is 18.0. The SMILES string of the molecule is CC1NNC(C)C1c1cccc(C(=O)N(C)C)n1. The van der Waals surface area contributed by atoms with E-state index < -0.39 is 0 Å². The maximum absolute atomic E-state index is 11.9. The van der Waals surface area contributed by atoms with Gasteiger partial charge in [0, 0.05) is 37.8 Å². The highest BCUT2D eigenvalue weighted by Crippen LogP contribution is 2.25. The third kappa shape index (κ3) is 2.37. The number of carbonyl (C=O) groups is 1. The molecule has 1 fully saturated rings. The predicted molar refractivity (Wildman–Crippen MR) is 70.2 cm³/mol. The minimum absolute atomic E-state index is 0.0592. The number of rotatable bonds is 2. The van der Waals surface area contributed by atoms with Gasteiger partial charge >= 0.3 is 0 Å². The average Bonchev–Trinajstić information content (AvgIpc) is 2.68. The fraction of sp³-hybridized carbons (Fsp3) is 0.538. The normalized spacial score (nSPS) is 27.2. The molecule has 2 unspecified atom stereocenters.